The van der Waals surface area contributed by atoms with E-state index in [0.717, 1.165) is 16.3 Å². The Morgan fingerprint density at radius 2 is 1.93 bits per heavy atom. The molecule has 2 aromatic heterocycles. The summed E-state index contributed by atoms with van der Waals surface area (Å²) in [4.78, 5) is 21.7. The number of benzene rings is 2. The van der Waals surface area contributed by atoms with E-state index in [1.807, 2.05) is 41.8 Å². The van der Waals surface area contributed by atoms with Gasteiger partial charge in [-0.05, 0) is 24.3 Å². The van der Waals surface area contributed by atoms with Crippen molar-refractivity contribution in [3.8, 4) is 22.1 Å². The van der Waals surface area contributed by atoms with Crippen LogP contribution in [0.25, 0.3) is 21.5 Å². The van der Waals surface area contributed by atoms with Gasteiger partial charge in [-0.15, -0.1) is 11.3 Å². The van der Waals surface area contributed by atoms with E-state index in [1.165, 1.54) is 11.3 Å². The summed E-state index contributed by atoms with van der Waals surface area (Å²) >= 11 is 1.50. The summed E-state index contributed by atoms with van der Waals surface area (Å²) in [5.41, 5.74) is 2.27. The van der Waals surface area contributed by atoms with E-state index in [2.05, 4.69) is 9.97 Å². The zero-order valence-electron chi connectivity index (χ0n) is 14.9. The Labute approximate surface area is 159 Å². The van der Waals surface area contributed by atoms with Gasteiger partial charge in [0, 0.05) is 5.38 Å². The Balaban J connectivity index is 1.69. The molecule has 0 unspecified atom stereocenters. The van der Waals surface area contributed by atoms with Gasteiger partial charge < -0.3 is 9.47 Å². The first kappa shape index (κ1) is 17.2. The van der Waals surface area contributed by atoms with Crippen LogP contribution in [0.5, 0.6) is 11.5 Å². The summed E-state index contributed by atoms with van der Waals surface area (Å²) in [5.74, 6) is 1.30. The highest BCUT2D eigenvalue weighted by molar-refractivity contribution is 7.13. The minimum atomic E-state index is -0.0749. The number of aromatic nitrogens is 3. The van der Waals surface area contributed by atoms with E-state index in [4.69, 9.17) is 9.47 Å². The first-order chi connectivity index (χ1) is 13.2. The minimum Gasteiger partial charge on any atom is -0.493 e. The summed E-state index contributed by atoms with van der Waals surface area (Å²) in [6.45, 7) is 0.361. The maximum Gasteiger partial charge on any atom is 0.261 e. The lowest BCUT2D eigenvalue weighted by Gasteiger charge is -2.10. The Bertz CT molecular complexity index is 1170. The lowest BCUT2D eigenvalue weighted by molar-refractivity contribution is 0.356. The number of rotatable bonds is 5. The molecule has 0 aliphatic heterocycles. The third-order valence-corrected chi connectivity index (χ3v) is 5.17. The fraction of sp³-hybridized carbons (Fsp3) is 0.150. The van der Waals surface area contributed by atoms with Crippen LogP contribution in [-0.2, 0) is 6.54 Å². The van der Waals surface area contributed by atoms with E-state index in [9.17, 15) is 4.79 Å². The smallest absolute Gasteiger partial charge is 0.261 e. The van der Waals surface area contributed by atoms with Crippen LogP contribution in [0.4, 0.5) is 0 Å². The van der Waals surface area contributed by atoms with Gasteiger partial charge in [0.15, 0.2) is 11.5 Å². The molecule has 4 rings (SSSR count). The summed E-state index contributed by atoms with van der Waals surface area (Å²) in [5, 5.41) is 3.35. The second-order valence-electron chi connectivity index (χ2n) is 5.88. The molecular formula is C20H17N3O3S. The molecule has 136 valence electrons. The minimum absolute atomic E-state index is 0.0749. The number of hydrogen-bond donors (Lipinski definition) is 0. The van der Waals surface area contributed by atoms with Crippen molar-refractivity contribution in [2.45, 2.75) is 6.54 Å². The molecule has 0 saturated carbocycles. The fourth-order valence-electron chi connectivity index (χ4n) is 2.95. The summed E-state index contributed by atoms with van der Waals surface area (Å²) < 4.78 is 12.4. The average Bonchev–Trinajstić information content (AvgIpc) is 3.18. The lowest BCUT2D eigenvalue weighted by atomic mass is 10.2. The molecule has 0 amide bonds. The van der Waals surface area contributed by atoms with Gasteiger partial charge in [-0.2, -0.15) is 0 Å². The van der Waals surface area contributed by atoms with Crippen molar-refractivity contribution in [1.82, 2.24) is 14.5 Å². The van der Waals surface area contributed by atoms with Crippen LogP contribution in [-0.4, -0.2) is 28.8 Å². The Hall–Kier alpha value is -3.19. The predicted molar refractivity (Wildman–Crippen MR) is 106 cm³/mol. The zero-order chi connectivity index (χ0) is 18.8. The molecule has 0 radical (unpaired) electrons. The molecule has 0 spiro atoms. The highest BCUT2D eigenvalue weighted by Gasteiger charge is 2.15. The van der Waals surface area contributed by atoms with E-state index >= 15 is 0 Å². The molecule has 2 aromatic carbocycles. The lowest BCUT2D eigenvalue weighted by Crippen LogP contribution is -2.21. The normalized spacial score (nSPS) is 10.9. The van der Waals surface area contributed by atoms with Crippen LogP contribution in [0.2, 0.25) is 0 Å². The number of para-hydroxylation sites is 2. The van der Waals surface area contributed by atoms with Gasteiger partial charge in [0.25, 0.3) is 5.56 Å². The molecule has 0 bridgehead atoms. The largest absolute Gasteiger partial charge is 0.493 e. The molecule has 0 fully saturated rings. The van der Waals surface area contributed by atoms with E-state index in [1.54, 1.807) is 31.2 Å². The third kappa shape index (κ3) is 3.17. The van der Waals surface area contributed by atoms with E-state index < -0.39 is 0 Å². The topological polar surface area (TPSA) is 66.2 Å². The monoisotopic (exact) mass is 379 g/mol. The van der Waals surface area contributed by atoms with Crippen LogP contribution < -0.4 is 15.0 Å². The van der Waals surface area contributed by atoms with Crippen molar-refractivity contribution >= 4 is 22.2 Å². The van der Waals surface area contributed by atoms with E-state index in [0.29, 0.717) is 28.9 Å². The molecular weight excluding hydrogens is 362 g/mol. The van der Waals surface area contributed by atoms with Crippen LogP contribution in [0.15, 0.2) is 59.0 Å². The highest BCUT2D eigenvalue weighted by atomic mass is 32.1. The summed E-state index contributed by atoms with van der Waals surface area (Å²) in [7, 11) is 3.21. The van der Waals surface area contributed by atoms with Crippen molar-refractivity contribution in [2.75, 3.05) is 14.2 Å². The van der Waals surface area contributed by atoms with Gasteiger partial charge in [-0.3, -0.25) is 9.36 Å². The molecule has 0 atom stereocenters. The quantitative estimate of drug-likeness (QED) is 0.530. The van der Waals surface area contributed by atoms with Crippen LogP contribution in [0, 0.1) is 0 Å². The molecule has 6 nitrogen and oxygen atoms in total. The standard InChI is InChI=1S/C20H17N3O3S/c1-25-17-9-5-7-15(18(17)26-2)19-22-13(11-27-19)10-23-12-21-16-8-4-3-6-14(16)20(23)24/h3-9,11-12H,10H2,1-2H3. The van der Waals surface area contributed by atoms with Gasteiger partial charge in [-0.25, -0.2) is 9.97 Å². The number of nitrogens with zero attached hydrogens (tertiary/aromatic N) is 3. The summed E-state index contributed by atoms with van der Waals surface area (Å²) in [6, 6.07) is 13.0. The van der Waals surface area contributed by atoms with E-state index in [-0.39, 0.29) is 5.56 Å². The van der Waals surface area contributed by atoms with Crippen molar-refractivity contribution in [1.29, 1.82) is 0 Å². The molecule has 0 aliphatic carbocycles. The first-order valence-electron chi connectivity index (χ1n) is 8.31. The summed E-state index contributed by atoms with van der Waals surface area (Å²) in [6.07, 6.45) is 1.57. The second kappa shape index (κ2) is 7.20. The number of thiazole rings is 1. The number of ether oxygens (including phenoxy) is 2. The molecule has 2 heterocycles. The average molecular weight is 379 g/mol. The highest BCUT2D eigenvalue weighted by Crippen LogP contribution is 2.38. The Kier molecular flexibility index (Phi) is 4.60. The molecule has 7 heteroatoms. The van der Waals surface area contributed by atoms with Crippen LogP contribution in [0.3, 0.4) is 0 Å². The Morgan fingerprint density at radius 1 is 1.07 bits per heavy atom. The van der Waals surface area contributed by atoms with Crippen molar-refractivity contribution < 1.29 is 9.47 Å². The fourth-order valence-corrected chi connectivity index (χ4v) is 3.78. The Morgan fingerprint density at radius 3 is 2.74 bits per heavy atom. The first-order valence-corrected chi connectivity index (χ1v) is 9.19. The molecule has 4 aromatic rings. The van der Waals surface area contributed by atoms with Crippen LogP contribution >= 0.6 is 11.3 Å². The number of hydrogen-bond acceptors (Lipinski definition) is 6. The molecule has 0 N–H and O–H groups in total. The predicted octanol–water partition coefficient (Wildman–Crippen LogP) is 3.59. The molecule has 27 heavy (non-hydrogen) atoms. The zero-order valence-corrected chi connectivity index (χ0v) is 15.7. The second-order valence-corrected chi connectivity index (χ2v) is 6.74. The van der Waals surface area contributed by atoms with Crippen LogP contribution in [0.1, 0.15) is 5.69 Å². The number of methoxy groups -OCH3 is 2. The van der Waals surface area contributed by atoms with Gasteiger partial charge in [0.1, 0.15) is 5.01 Å². The van der Waals surface area contributed by atoms with Crippen molar-refractivity contribution in [3.63, 3.8) is 0 Å². The number of fused-ring (bicyclic) bond motifs is 1. The molecule has 0 saturated heterocycles. The van der Waals surface area contributed by atoms with Gasteiger partial charge >= 0.3 is 0 Å². The maximum atomic E-state index is 12.7. The van der Waals surface area contributed by atoms with Gasteiger partial charge in [0.05, 0.1) is 49.3 Å². The van der Waals surface area contributed by atoms with Gasteiger partial charge in [0.2, 0.25) is 0 Å². The maximum absolute atomic E-state index is 12.7. The van der Waals surface area contributed by atoms with Gasteiger partial charge in [-0.1, -0.05) is 18.2 Å². The molecule has 0 aliphatic rings. The van der Waals surface area contributed by atoms with Crippen molar-refractivity contribution in [2.24, 2.45) is 0 Å². The third-order valence-electron chi connectivity index (χ3n) is 4.25. The SMILES string of the molecule is COc1cccc(-c2nc(Cn3cnc4ccccc4c3=O)cs2)c1OC. The van der Waals surface area contributed by atoms with Crippen molar-refractivity contribution in [3.05, 3.63) is 70.2 Å².